The highest BCUT2D eigenvalue weighted by Crippen LogP contribution is 2.17. The molecule has 0 saturated carbocycles. The van der Waals surface area contributed by atoms with Gasteiger partial charge in [0.1, 0.15) is 12.4 Å². The number of carbonyl (C=O) groups is 1. The molecule has 1 aliphatic rings. The average Bonchev–Trinajstić information content (AvgIpc) is 2.39. The Morgan fingerprint density at radius 3 is 3.06 bits per heavy atom. The number of carbonyl (C=O) groups excluding carboxylic acids is 1. The maximum absolute atomic E-state index is 11.9. The van der Waals surface area contributed by atoms with Crippen LogP contribution in [0.3, 0.4) is 0 Å². The third-order valence-corrected chi connectivity index (χ3v) is 3.03. The van der Waals surface area contributed by atoms with Gasteiger partial charge in [0.2, 0.25) is 11.8 Å². The average molecular weight is 249 g/mol. The predicted octanol–water partition coefficient (Wildman–Crippen LogP) is 1.50. The normalized spacial score (nSPS) is 19.9. The van der Waals surface area contributed by atoms with Crippen molar-refractivity contribution in [1.29, 1.82) is 0 Å². The Labute approximate surface area is 107 Å². The summed E-state index contributed by atoms with van der Waals surface area (Å²) in [5.74, 6) is 0.822. The Hall–Kier alpha value is -1.65. The lowest BCUT2D eigenvalue weighted by molar-refractivity contribution is -0.137. The van der Waals surface area contributed by atoms with Gasteiger partial charge in [-0.3, -0.25) is 4.79 Å². The number of hydrogen-bond acceptors (Lipinski definition) is 4. The van der Waals surface area contributed by atoms with E-state index in [0.29, 0.717) is 12.4 Å². The van der Waals surface area contributed by atoms with Gasteiger partial charge in [0.25, 0.3) is 0 Å². The maximum Gasteiger partial charge on any atom is 0.225 e. The van der Waals surface area contributed by atoms with Crippen molar-refractivity contribution in [3.63, 3.8) is 0 Å². The number of hydrogen-bond donors (Lipinski definition) is 0. The fraction of sp³-hybridized carbons (Fsp3) is 0.615. The Morgan fingerprint density at radius 2 is 2.39 bits per heavy atom. The Kier molecular flexibility index (Phi) is 4.12. The molecule has 0 bridgehead atoms. The summed E-state index contributed by atoms with van der Waals surface area (Å²) < 4.78 is 5.77. The van der Waals surface area contributed by atoms with Crippen LogP contribution in [-0.2, 0) is 4.79 Å². The summed E-state index contributed by atoms with van der Waals surface area (Å²) in [5, 5.41) is 0. The van der Waals surface area contributed by atoms with E-state index in [9.17, 15) is 4.79 Å². The topological polar surface area (TPSA) is 55.3 Å². The van der Waals surface area contributed by atoms with Crippen molar-refractivity contribution in [3.05, 3.63) is 18.6 Å². The highest BCUT2D eigenvalue weighted by molar-refractivity contribution is 5.78. The van der Waals surface area contributed by atoms with E-state index >= 15 is 0 Å². The van der Waals surface area contributed by atoms with E-state index in [-0.39, 0.29) is 17.9 Å². The molecule has 2 heterocycles. The predicted molar refractivity (Wildman–Crippen MR) is 67.1 cm³/mol. The number of aromatic nitrogens is 2. The molecule has 1 aliphatic heterocycles. The Balaban J connectivity index is 1.93. The van der Waals surface area contributed by atoms with Crippen LogP contribution in [0.2, 0.25) is 0 Å². The maximum atomic E-state index is 11.9. The summed E-state index contributed by atoms with van der Waals surface area (Å²) in [5.41, 5.74) is 0. The number of nitrogens with zero attached hydrogens (tertiary/aromatic N) is 3. The fourth-order valence-corrected chi connectivity index (χ4v) is 2.12. The lowest BCUT2D eigenvalue weighted by atomic mass is 10.1. The smallest absolute Gasteiger partial charge is 0.225 e. The molecule has 0 N–H and O–H groups in total. The Morgan fingerprint density at radius 1 is 1.56 bits per heavy atom. The second-order valence-corrected chi connectivity index (χ2v) is 4.87. The van der Waals surface area contributed by atoms with Crippen LogP contribution in [0.1, 0.15) is 26.7 Å². The molecule has 5 nitrogen and oxygen atoms in total. The van der Waals surface area contributed by atoms with E-state index < -0.39 is 0 Å². The van der Waals surface area contributed by atoms with E-state index in [4.69, 9.17) is 4.74 Å². The van der Waals surface area contributed by atoms with E-state index in [2.05, 4.69) is 9.97 Å². The van der Waals surface area contributed by atoms with Crippen molar-refractivity contribution in [2.24, 2.45) is 5.92 Å². The van der Waals surface area contributed by atoms with Crippen molar-refractivity contribution < 1.29 is 9.53 Å². The van der Waals surface area contributed by atoms with Gasteiger partial charge < -0.3 is 9.64 Å². The fourth-order valence-electron chi connectivity index (χ4n) is 2.12. The third-order valence-electron chi connectivity index (χ3n) is 3.03. The van der Waals surface area contributed by atoms with Crippen LogP contribution < -0.4 is 4.74 Å². The first-order valence-corrected chi connectivity index (χ1v) is 6.38. The van der Waals surface area contributed by atoms with Gasteiger partial charge >= 0.3 is 0 Å². The first-order chi connectivity index (χ1) is 8.66. The van der Waals surface area contributed by atoms with Gasteiger partial charge in [0.15, 0.2) is 0 Å². The molecule has 0 aromatic carbocycles. The molecule has 1 atom stereocenters. The van der Waals surface area contributed by atoms with Crippen LogP contribution in [0, 0.1) is 5.92 Å². The van der Waals surface area contributed by atoms with Crippen LogP contribution in [0.15, 0.2) is 18.6 Å². The monoisotopic (exact) mass is 249 g/mol. The molecule has 98 valence electrons. The standard InChI is InChI=1S/C13H19N3O2/c1-10(2)13(17)16-7-3-4-11(8-16)18-12-5-6-14-9-15-12/h5-6,9-11H,3-4,7-8H2,1-2H3. The Bertz CT molecular complexity index is 394. The van der Waals surface area contributed by atoms with E-state index in [0.717, 1.165) is 19.4 Å². The molecular weight excluding hydrogens is 230 g/mol. The summed E-state index contributed by atoms with van der Waals surface area (Å²) >= 11 is 0. The second-order valence-electron chi connectivity index (χ2n) is 4.87. The zero-order chi connectivity index (χ0) is 13.0. The van der Waals surface area contributed by atoms with Crippen LogP contribution in [0.5, 0.6) is 5.88 Å². The van der Waals surface area contributed by atoms with Crippen molar-refractivity contribution in [2.75, 3.05) is 13.1 Å². The zero-order valence-corrected chi connectivity index (χ0v) is 10.9. The number of likely N-dealkylation sites (tertiary alicyclic amines) is 1. The van der Waals surface area contributed by atoms with Gasteiger partial charge in [0, 0.05) is 24.7 Å². The second kappa shape index (κ2) is 5.80. The van der Waals surface area contributed by atoms with Gasteiger partial charge in [-0.25, -0.2) is 9.97 Å². The first-order valence-electron chi connectivity index (χ1n) is 6.38. The van der Waals surface area contributed by atoms with Gasteiger partial charge in [0.05, 0.1) is 6.54 Å². The summed E-state index contributed by atoms with van der Waals surface area (Å²) in [6.45, 7) is 5.34. The zero-order valence-electron chi connectivity index (χ0n) is 10.9. The van der Waals surface area contributed by atoms with Crippen LogP contribution in [0.25, 0.3) is 0 Å². The minimum Gasteiger partial charge on any atom is -0.472 e. The summed E-state index contributed by atoms with van der Waals surface area (Å²) in [7, 11) is 0. The molecule has 1 unspecified atom stereocenters. The molecule has 1 fully saturated rings. The van der Waals surface area contributed by atoms with Crippen molar-refractivity contribution in [3.8, 4) is 5.88 Å². The van der Waals surface area contributed by atoms with Crippen molar-refractivity contribution in [2.45, 2.75) is 32.8 Å². The van der Waals surface area contributed by atoms with Crippen LogP contribution in [-0.4, -0.2) is 40.0 Å². The SMILES string of the molecule is CC(C)C(=O)N1CCCC(Oc2ccncn2)C1. The molecule has 1 aromatic heterocycles. The van der Waals surface area contributed by atoms with Gasteiger partial charge in [-0.2, -0.15) is 0 Å². The van der Waals surface area contributed by atoms with E-state index in [1.54, 1.807) is 12.3 Å². The minimum absolute atomic E-state index is 0.0383. The van der Waals surface area contributed by atoms with Gasteiger partial charge in [-0.05, 0) is 12.8 Å². The molecule has 0 radical (unpaired) electrons. The molecule has 5 heteroatoms. The van der Waals surface area contributed by atoms with Gasteiger partial charge in [-0.1, -0.05) is 13.8 Å². The number of piperidine rings is 1. The minimum atomic E-state index is 0.0383. The molecule has 0 aliphatic carbocycles. The molecule has 1 saturated heterocycles. The summed E-state index contributed by atoms with van der Waals surface area (Å²) in [6.07, 6.45) is 5.11. The summed E-state index contributed by atoms with van der Waals surface area (Å²) in [6, 6.07) is 1.74. The largest absolute Gasteiger partial charge is 0.472 e. The quantitative estimate of drug-likeness (QED) is 0.814. The number of rotatable bonds is 3. The molecule has 1 amide bonds. The van der Waals surface area contributed by atoms with Crippen molar-refractivity contribution >= 4 is 5.91 Å². The van der Waals surface area contributed by atoms with Crippen molar-refractivity contribution in [1.82, 2.24) is 14.9 Å². The highest BCUT2D eigenvalue weighted by atomic mass is 16.5. The highest BCUT2D eigenvalue weighted by Gasteiger charge is 2.26. The van der Waals surface area contributed by atoms with Gasteiger partial charge in [-0.15, -0.1) is 0 Å². The van der Waals surface area contributed by atoms with E-state index in [1.165, 1.54) is 6.33 Å². The van der Waals surface area contributed by atoms with Crippen LogP contribution in [0.4, 0.5) is 0 Å². The summed E-state index contributed by atoms with van der Waals surface area (Å²) in [4.78, 5) is 21.7. The molecule has 1 aromatic rings. The number of amides is 1. The van der Waals surface area contributed by atoms with E-state index in [1.807, 2.05) is 18.7 Å². The molecule has 2 rings (SSSR count). The van der Waals surface area contributed by atoms with Crippen LogP contribution >= 0.6 is 0 Å². The first kappa shape index (κ1) is 12.8. The lowest BCUT2D eigenvalue weighted by Crippen LogP contribution is -2.45. The number of ether oxygens (including phenoxy) is 1. The molecular formula is C13H19N3O2. The molecule has 18 heavy (non-hydrogen) atoms. The molecule has 0 spiro atoms. The lowest BCUT2D eigenvalue weighted by Gasteiger charge is -2.33. The third kappa shape index (κ3) is 3.18.